The van der Waals surface area contributed by atoms with Gasteiger partial charge in [-0.05, 0) is 12.1 Å². The SMILES string of the molecule is O=C(O)C1CN(C(=O)c2ccco2)CCO1. The van der Waals surface area contributed by atoms with Gasteiger partial charge in [-0.2, -0.15) is 0 Å². The first-order valence-electron chi connectivity index (χ1n) is 4.85. The molecule has 6 nitrogen and oxygen atoms in total. The molecule has 1 aliphatic rings. The summed E-state index contributed by atoms with van der Waals surface area (Å²) < 4.78 is 9.98. The van der Waals surface area contributed by atoms with E-state index in [1.54, 1.807) is 12.1 Å². The standard InChI is InChI=1S/C10H11NO5/c12-9(7-2-1-4-15-7)11-3-5-16-8(6-11)10(13)14/h1-2,4,8H,3,5-6H2,(H,13,14). The maximum absolute atomic E-state index is 11.8. The van der Waals surface area contributed by atoms with Crippen LogP contribution in [0.2, 0.25) is 0 Å². The monoisotopic (exact) mass is 225 g/mol. The lowest BCUT2D eigenvalue weighted by Gasteiger charge is -2.30. The lowest BCUT2D eigenvalue weighted by atomic mass is 10.2. The molecule has 1 fully saturated rings. The highest BCUT2D eigenvalue weighted by molar-refractivity contribution is 5.92. The molecule has 86 valence electrons. The second-order valence-corrected chi connectivity index (χ2v) is 3.43. The Kier molecular flexibility index (Phi) is 2.91. The quantitative estimate of drug-likeness (QED) is 0.778. The number of rotatable bonds is 2. The Labute approximate surface area is 91.4 Å². The van der Waals surface area contributed by atoms with E-state index < -0.39 is 12.1 Å². The van der Waals surface area contributed by atoms with Crippen molar-refractivity contribution in [3.05, 3.63) is 24.2 Å². The molecule has 0 aliphatic carbocycles. The van der Waals surface area contributed by atoms with Crippen LogP contribution in [0, 0.1) is 0 Å². The maximum Gasteiger partial charge on any atom is 0.334 e. The minimum Gasteiger partial charge on any atom is -0.479 e. The van der Waals surface area contributed by atoms with Gasteiger partial charge in [-0.15, -0.1) is 0 Å². The molecule has 1 aromatic heterocycles. The van der Waals surface area contributed by atoms with Crippen molar-refractivity contribution in [2.75, 3.05) is 19.7 Å². The van der Waals surface area contributed by atoms with Gasteiger partial charge in [0.1, 0.15) is 0 Å². The molecule has 0 spiro atoms. The number of carbonyl (C=O) groups is 2. The van der Waals surface area contributed by atoms with Crippen LogP contribution in [-0.4, -0.2) is 47.7 Å². The zero-order chi connectivity index (χ0) is 11.5. The van der Waals surface area contributed by atoms with Gasteiger partial charge in [0.05, 0.1) is 19.4 Å². The molecule has 2 rings (SSSR count). The number of carboxylic acid groups (broad SMARTS) is 1. The first-order chi connectivity index (χ1) is 7.68. The molecule has 0 aromatic carbocycles. The van der Waals surface area contributed by atoms with Gasteiger partial charge in [0.15, 0.2) is 11.9 Å². The minimum absolute atomic E-state index is 0.0505. The molecule has 1 aliphatic heterocycles. The molecule has 16 heavy (non-hydrogen) atoms. The van der Waals surface area contributed by atoms with Gasteiger partial charge in [0, 0.05) is 6.54 Å². The third-order valence-corrected chi connectivity index (χ3v) is 2.36. The largest absolute Gasteiger partial charge is 0.479 e. The number of carbonyl (C=O) groups excluding carboxylic acids is 1. The van der Waals surface area contributed by atoms with E-state index in [9.17, 15) is 9.59 Å². The van der Waals surface area contributed by atoms with Crippen molar-refractivity contribution < 1.29 is 23.8 Å². The van der Waals surface area contributed by atoms with Crippen molar-refractivity contribution in [2.24, 2.45) is 0 Å². The van der Waals surface area contributed by atoms with E-state index in [2.05, 4.69) is 0 Å². The van der Waals surface area contributed by atoms with E-state index in [1.807, 2.05) is 0 Å². The molecule has 0 saturated carbocycles. The van der Waals surface area contributed by atoms with Crippen molar-refractivity contribution in [3.63, 3.8) is 0 Å². The Hall–Kier alpha value is -1.82. The third kappa shape index (κ3) is 2.06. The molecule has 1 amide bonds. The smallest absolute Gasteiger partial charge is 0.334 e. The Morgan fingerprint density at radius 1 is 1.50 bits per heavy atom. The van der Waals surface area contributed by atoms with Crippen LogP contribution in [0.3, 0.4) is 0 Å². The van der Waals surface area contributed by atoms with Crippen LogP contribution in [0.5, 0.6) is 0 Å². The summed E-state index contributed by atoms with van der Waals surface area (Å²) in [5, 5.41) is 8.78. The van der Waals surface area contributed by atoms with Crippen molar-refractivity contribution in [1.29, 1.82) is 0 Å². The fourth-order valence-electron chi connectivity index (χ4n) is 1.54. The molecule has 1 aromatic rings. The average Bonchev–Trinajstić information content (AvgIpc) is 2.81. The van der Waals surface area contributed by atoms with Crippen molar-refractivity contribution in [1.82, 2.24) is 4.90 Å². The van der Waals surface area contributed by atoms with Gasteiger partial charge >= 0.3 is 5.97 Å². The highest BCUT2D eigenvalue weighted by Gasteiger charge is 2.30. The normalized spacial score (nSPS) is 20.8. The maximum atomic E-state index is 11.8. The molecule has 1 saturated heterocycles. The van der Waals surface area contributed by atoms with Crippen molar-refractivity contribution in [3.8, 4) is 0 Å². The van der Waals surface area contributed by atoms with Crippen LogP contribution < -0.4 is 0 Å². The molecule has 6 heteroatoms. The highest BCUT2D eigenvalue weighted by Crippen LogP contribution is 2.11. The summed E-state index contributed by atoms with van der Waals surface area (Å²) in [6, 6.07) is 3.16. The second kappa shape index (κ2) is 4.36. The molecule has 0 bridgehead atoms. The van der Waals surface area contributed by atoms with E-state index >= 15 is 0 Å². The van der Waals surface area contributed by atoms with Gasteiger partial charge in [0.25, 0.3) is 5.91 Å². The molecule has 1 unspecified atom stereocenters. The van der Waals surface area contributed by atoms with E-state index in [0.717, 1.165) is 0 Å². The number of carboxylic acids is 1. The number of ether oxygens (including phenoxy) is 1. The highest BCUT2D eigenvalue weighted by atomic mass is 16.5. The number of hydrogen-bond donors (Lipinski definition) is 1. The summed E-state index contributed by atoms with van der Waals surface area (Å²) in [6.45, 7) is 0.654. The lowest BCUT2D eigenvalue weighted by Crippen LogP contribution is -2.48. The van der Waals surface area contributed by atoms with Crippen LogP contribution >= 0.6 is 0 Å². The Morgan fingerprint density at radius 2 is 2.31 bits per heavy atom. The van der Waals surface area contributed by atoms with Gasteiger partial charge in [-0.3, -0.25) is 4.79 Å². The predicted molar refractivity (Wildman–Crippen MR) is 52.0 cm³/mol. The average molecular weight is 225 g/mol. The molecular weight excluding hydrogens is 214 g/mol. The van der Waals surface area contributed by atoms with Crippen molar-refractivity contribution in [2.45, 2.75) is 6.10 Å². The number of amides is 1. The minimum atomic E-state index is -1.06. The summed E-state index contributed by atoms with van der Waals surface area (Å²) in [5.74, 6) is -1.15. The van der Waals surface area contributed by atoms with Gasteiger partial charge in [0.2, 0.25) is 0 Å². The van der Waals surface area contributed by atoms with E-state index in [4.69, 9.17) is 14.3 Å². The molecular formula is C10H11NO5. The first-order valence-corrected chi connectivity index (χ1v) is 4.85. The lowest BCUT2D eigenvalue weighted by molar-refractivity contribution is -0.154. The van der Waals surface area contributed by atoms with Crippen LogP contribution in [0.4, 0.5) is 0 Å². The van der Waals surface area contributed by atoms with Gasteiger partial charge < -0.3 is 19.2 Å². The Bertz CT molecular complexity index is 386. The molecule has 1 atom stereocenters. The summed E-state index contributed by atoms with van der Waals surface area (Å²) in [4.78, 5) is 24.0. The summed E-state index contributed by atoms with van der Waals surface area (Å²) in [6.07, 6.45) is 0.454. The zero-order valence-corrected chi connectivity index (χ0v) is 8.46. The first kappa shape index (κ1) is 10.7. The summed E-state index contributed by atoms with van der Waals surface area (Å²) >= 11 is 0. The second-order valence-electron chi connectivity index (χ2n) is 3.43. The molecule has 2 heterocycles. The number of nitrogens with zero attached hydrogens (tertiary/aromatic N) is 1. The topological polar surface area (TPSA) is 80.0 Å². The van der Waals surface area contributed by atoms with E-state index in [-0.39, 0.29) is 24.8 Å². The predicted octanol–water partition coefficient (Wildman–Crippen LogP) is 0.205. The van der Waals surface area contributed by atoms with E-state index in [0.29, 0.717) is 6.54 Å². The number of hydrogen-bond acceptors (Lipinski definition) is 4. The molecule has 1 N–H and O–H groups in total. The van der Waals surface area contributed by atoms with Crippen LogP contribution in [0.25, 0.3) is 0 Å². The zero-order valence-electron chi connectivity index (χ0n) is 8.46. The number of aliphatic carboxylic acids is 1. The summed E-state index contributed by atoms with van der Waals surface area (Å²) in [5.41, 5.74) is 0. The molecule has 0 radical (unpaired) electrons. The number of morpholine rings is 1. The van der Waals surface area contributed by atoms with Gasteiger partial charge in [-0.1, -0.05) is 0 Å². The third-order valence-electron chi connectivity index (χ3n) is 2.36. The summed E-state index contributed by atoms with van der Waals surface area (Å²) in [7, 11) is 0. The Morgan fingerprint density at radius 3 is 2.94 bits per heavy atom. The van der Waals surface area contributed by atoms with Crippen LogP contribution in [0.1, 0.15) is 10.6 Å². The van der Waals surface area contributed by atoms with Crippen LogP contribution in [-0.2, 0) is 9.53 Å². The number of furan rings is 1. The van der Waals surface area contributed by atoms with Crippen molar-refractivity contribution >= 4 is 11.9 Å². The Balaban J connectivity index is 2.05. The van der Waals surface area contributed by atoms with Gasteiger partial charge in [-0.25, -0.2) is 4.79 Å². The van der Waals surface area contributed by atoms with Crippen LogP contribution in [0.15, 0.2) is 22.8 Å². The fraction of sp³-hybridized carbons (Fsp3) is 0.400. The van der Waals surface area contributed by atoms with E-state index in [1.165, 1.54) is 11.2 Å². The fourth-order valence-corrected chi connectivity index (χ4v) is 1.54.